The van der Waals surface area contributed by atoms with Gasteiger partial charge in [-0.3, -0.25) is 4.79 Å². The maximum atomic E-state index is 12.7. The first-order chi connectivity index (χ1) is 13.2. The molecule has 1 aliphatic carbocycles. The van der Waals surface area contributed by atoms with E-state index in [0.29, 0.717) is 23.9 Å². The van der Waals surface area contributed by atoms with Gasteiger partial charge in [-0.1, -0.05) is 37.8 Å². The zero-order valence-electron chi connectivity index (χ0n) is 16.3. The standard InChI is InChI=1S/C22H30N2O3/c1-26-20-11-7-10-18-17(20)12-13-19(21(18)27-2)22(25)24-15-14-23-16-8-5-3-4-6-9-16/h7,10-13,16,23H,3-6,8-9,14-15H2,1-2H3,(H,24,25). The fourth-order valence-corrected chi connectivity index (χ4v) is 3.91. The van der Waals surface area contributed by atoms with Crippen LogP contribution in [0.2, 0.25) is 0 Å². The minimum Gasteiger partial charge on any atom is -0.496 e. The van der Waals surface area contributed by atoms with Crippen molar-refractivity contribution >= 4 is 16.7 Å². The molecule has 5 nitrogen and oxygen atoms in total. The number of carbonyl (C=O) groups is 1. The highest BCUT2D eigenvalue weighted by Crippen LogP contribution is 2.34. The van der Waals surface area contributed by atoms with Crippen LogP contribution in [0.25, 0.3) is 10.8 Å². The average Bonchev–Trinajstić information content (AvgIpc) is 2.98. The van der Waals surface area contributed by atoms with E-state index in [-0.39, 0.29) is 5.91 Å². The summed E-state index contributed by atoms with van der Waals surface area (Å²) in [6, 6.07) is 10.1. The molecule has 0 aromatic heterocycles. The zero-order valence-corrected chi connectivity index (χ0v) is 16.3. The van der Waals surface area contributed by atoms with E-state index in [9.17, 15) is 4.79 Å². The van der Waals surface area contributed by atoms with Crippen molar-refractivity contribution < 1.29 is 14.3 Å². The summed E-state index contributed by atoms with van der Waals surface area (Å²) in [5.74, 6) is 1.24. The van der Waals surface area contributed by atoms with Gasteiger partial charge >= 0.3 is 0 Å². The normalized spacial score (nSPS) is 15.3. The molecule has 0 spiro atoms. The first kappa shape index (κ1) is 19.5. The highest BCUT2D eigenvalue weighted by molar-refractivity contribution is 6.05. The first-order valence-corrected chi connectivity index (χ1v) is 9.90. The summed E-state index contributed by atoms with van der Waals surface area (Å²) in [5.41, 5.74) is 0.549. The monoisotopic (exact) mass is 370 g/mol. The van der Waals surface area contributed by atoms with Gasteiger partial charge in [-0.25, -0.2) is 0 Å². The van der Waals surface area contributed by atoms with Crippen LogP contribution in [-0.4, -0.2) is 39.3 Å². The number of amides is 1. The van der Waals surface area contributed by atoms with E-state index in [1.807, 2.05) is 24.3 Å². The van der Waals surface area contributed by atoms with E-state index in [2.05, 4.69) is 10.6 Å². The van der Waals surface area contributed by atoms with Gasteiger partial charge in [0.05, 0.1) is 19.8 Å². The lowest BCUT2D eigenvalue weighted by molar-refractivity contribution is 0.0950. The van der Waals surface area contributed by atoms with Gasteiger partial charge in [-0.05, 0) is 31.0 Å². The SMILES string of the molecule is COc1cccc2c(OC)c(C(=O)NCCNC3CCCCCC3)ccc12. The number of carbonyl (C=O) groups excluding carboxylic acids is 1. The van der Waals surface area contributed by atoms with Gasteiger partial charge in [0.25, 0.3) is 5.91 Å². The molecule has 0 atom stereocenters. The van der Waals surface area contributed by atoms with Gasteiger partial charge < -0.3 is 20.1 Å². The summed E-state index contributed by atoms with van der Waals surface area (Å²) >= 11 is 0. The molecule has 2 aromatic rings. The fraction of sp³-hybridized carbons (Fsp3) is 0.500. The van der Waals surface area contributed by atoms with Crippen LogP contribution in [0.15, 0.2) is 30.3 Å². The molecule has 3 rings (SSSR count). The second-order valence-corrected chi connectivity index (χ2v) is 7.10. The number of nitrogens with one attached hydrogen (secondary N) is 2. The molecule has 27 heavy (non-hydrogen) atoms. The molecule has 1 fully saturated rings. The number of rotatable bonds is 7. The minimum absolute atomic E-state index is 0.112. The van der Waals surface area contributed by atoms with E-state index in [1.54, 1.807) is 20.3 Å². The number of hydrogen-bond donors (Lipinski definition) is 2. The van der Waals surface area contributed by atoms with Gasteiger partial charge in [0.2, 0.25) is 0 Å². The summed E-state index contributed by atoms with van der Waals surface area (Å²) in [7, 11) is 3.24. The molecule has 0 unspecified atom stereocenters. The summed E-state index contributed by atoms with van der Waals surface area (Å²) < 4.78 is 11.0. The molecular weight excluding hydrogens is 340 g/mol. The second-order valence-electron chi connectivity index (χ2n) is 7.10. The Kier molecular flexibility index (Phi) is 6.93. The first-order valence-electron chi connectivity index (χ1n) is 9.90. The Labute approximate surface area is 161 Å². The molecule has 0 saturated heterocycles. The van der Waals surface area contributed by atoms with Crippen molar-refractivity contribution in [3.05, 3.63) is 35.9 Å². The van der Waals surface area contributed by atoms with Gasteiger partial charge in [-0.2, -0.15) is 0 Å². The summed E-state index contributed by atoms with van der Waals surface area (Å²) in [5, 5.41) is 8.40. The molecule has 0 bridgehead atoms. The van der Waals surface area contributed by atoms with Crippen LogP contribution in [0.1, 0.15) is 48.9 Å². The second kappa shape index (κ2) is 9.60. The van der Waals surface area contributed by atoms with Crippen LogP contribution < -0.4 is 20.1 Å². The zero-order chi connectivity index (χ0) is 19.1. The maximum absolute atomic E-state index is 12.7. The third kappa shape index (κ3) is 4.72. The van der Waals surface area contributed by atoms with E-state index >= 15 is 0 Å². The highest BCUT2D eigenvalue weighted by atomic mass is 16.5. The molecule has 2 N–H and O–H groups in total. The highest BCUT2D eigenvalue weighted by Gasteiger charge is 2.17. The molecule has 5 heteroatoms. The molecule has 0 aliphatic heterocycles. The minimum atomic E-state index is -0.112. The van der Waals surface area contributed by atoms with Crippen molar-refractivity contribution in [2.75, 3.05) is 27.3 Å². The van der Waals surface area contributed by atoms with Crippen molar-refractivity contribution in [3.63, 3.8) is 0 Å². The van der Waals surface area contributed by atoms with E-state index in [4.69, 9.17) is 9.47 Å². The topological polar surface area (TPSA) is 59.6 Å². The smallest absolute Gasteiger partial charge is 0.255 e. The van der Waals surface area contributed by atoms with Gasteiger partial charge in [-0.15, -0.1) is 0 Å². The van der Waals surface area contributed by atoms with Crippen LogP contribution in [0.5, 0.6) is 11.5 Å². The van der Waals surface area contributed by atoms with Crippen LogP contribution in [-0.2, 0) is 0 Å². The van der Waals surface area contributed by atoms with Crippen molar-refractivity contribution in [3.8, 4) is 11.5 Å². The number of fused-ring (bicyclic) bond motifs is 1. The Morgan fingerprint density at radius 3 is 2.44 bits per heavy atom. The van der Waals surface area contributed by atoms with Crippen LogP contribution in [0, 0.1) is 0 Å². The van der Waals surface area contributed by atoms with Gasteiger partial charge in [0, 0.05) is 29.9 Å². The molecular formula is C22H30N2O3. The third-order valence-corrected chi connectivity index (χ3v) is 5.34. The predicted octanol–water partition coefficient (Wildman–Crippen LogP) is 3.90. The number of methoxy groups -OCH3 is 2. The van der Waals surface area contributed by atoms with E-state index in [1.165, 1.54) is 38.5 Å². The molecule has 2 aromatic carbocycles. The number of hydrogen-bond acceptors (Lipinski definition) is 4. The van der Waals surface area contributed by atoms with Gasteiger partial charge in [0.15, 0.2) is 0 Å². The Bertz CT molecular complexity index is 767. The van der Waals surface area contributed by atoms with Crippen molar-refractivity contribution in [1.82, 2.24) is 10.6 Å². The van der Waals surface area contributed by atoms with E-state index < -0.39 is 0 Å². The molecule has 1 amide bonds. The molecule has 1 saturated carbocycles. The largest absolute Gasteiger partial charge is 0.496 e. The van der Waals surface area contributed by atoms with Gasteiger partial charge in [0.1, 0.15) is 11.5 Å². The Morgan fingerprint density at radius 1 is 0.963 bits per heavy atom. The Hall–Kier alpha value is -2.27. The quantitative estimate of drug-likeness (QED) is 0.573. The van der Waals surface area contributed by atoms with E-state index in [0.717, 1.165) is 23.1 Å². The Morgan fingerprint density at radius 2 is 1.74 bits per heavy atom. The summed E-state index contributed by atoms with van der Waals surface area (Å²) in [4.78, 5) is 12.7. The van der Waals surface area contributed by atoms with Crippen LogP contribution in [0.4, 0.5) is 0 Å². The third-order valence-electron chi connectivity index (χ3n) is 5.34. The Balaban J connectivity index is 1.63. The summed E-state index contributed by atoms with van der Waals surface area (Å²) in [6.45, 7) is 1.40. The van der Waals surface area contributed by atoms with Crippen molar-refractivity contribution in [2.24, 2.45) is 0 Å². The number of benzene rings is 2. The molecule has 0 radical (unpaired) electrons. The fourth-order valence-electron chi connectivity index (χ4n) is 3.91. The predicted molar refractivity (Wildman–Crippen MR) is 109 cm³/mol. The van der Waals surface area contributed by atoms with Crippen molar-refractivity contribution in [2.45, 2.75) is 44.6 Å². The number of ether oxygens (including phenoxy) is 2. The van der Waals surface area contributed by atoms with Crippen LogP contribution >= 0.6 is 0 Å². The lowest BCUT2D eigenvalue weighted by Crippen LogP contribution is -2.37. The van der Waals surface area contributed by atoms with Crippen molar-refractivity contribution in [1.29, 1.82) is 0 Å². The molecule has 0 heterocycles. The molecule has 1 aliphatic rings. The maximum Gasteiger partial charge on any atom is 0.255 e. The summed E-state index contributed by atoms with van der Waals surface area (Å²) in [6.07, 6.45) is 7.80. The van der Waals surface area contributed by atoms with Crippen LogP contribution in [0.3, 0.4) is 0 Å². The molecule has 146 valence electrons. The lowest BCUT2D eigenvalue weighted by atomic mass is 10.0. The average molecular weight is 370 g/mol. The lowest BCUT2D eigenvalue weighted by Gasteiger charge is -2.17.